The Morgan fingerprint density at radius 2 is 1.62 bits per heavy atom. The van der Waals surface area contributed by atoms with Crippen LogP contribution in [0.2, 0.25) is 5.02 Å². The van der Waals surface area contributed by atoms with Crippen LogP contribution >= 0.6 is 11.6 Å². The third kappa shape index (κ3) is 6.72. The topological polar surface area (TPSA) is 49.9 Å². The molecule has 2 heterocycles. The SMILES string of the molecule is O=C(C[C@H]1CN(C(=O)CCc2ccc(F)cc2)CC[C@@H]1Oc1ccc(Cl)cc1)N1CCCCC1. The summed E-state index contributed by atoms with van der Waals surface area (Å²) in [4.78, 5) is 29.8. The van der Waals surface area contributed by atoms with Crippen LogP contribution in [0, 0.1) is 11.7 Å². The van der Waals surface area contributed by atoms with Gasteiger partial charge in [0.2, 0.25) is 11.8 Å². The van der Waals surface area contributed by atoms with Crippen LogP contribution in [0.1, 0.15) is 44.1 Å². The molecule has 7 heteroatoms. The summed E-state index contributed by atoms with van der Waals surface area (Å²) in [6, 6.07) is 13.5. The van der Waals surface area contributed by atoms with Gasteiger partial charge in [0.1, 0.15) is 17.7 Å². The van der Waals surface area contributed by atoms with Crippen LogP contribution in [-0.2, 0) is 16.0 Å². The molecule has 2 aliphatic heterocycles. The smallest absolute Gasteiger partial charge is 0.223 e. The highest BCUT2D eigenvalue weighted by Gasteiger charge is 2.35. The second-order valence-electron chi connectivity index (χ2n) is 9.27. The molecule has 0 aromatic heterocycles. The van der Waals surface area contributed by atoms with E-state index in [-0.39, 0.29) is 29.7 Å². The summed E-state index contributed by atoms with van der Waals surface area (Å²) in [5.41, 5.74) is 0.938. The van der Waals surface area contributed by atoms with E-state index >= 15 is 0 Å². The van der Waals surface area contributed by atoms with Crippen molar-refractivity contribution in [2.75, 3.05) is 26.2 Å². The number of nitrogens with zero attached hydrogens (tertiary/aromatic N) is 2. The number of likely N-dealkylation sites (tertiary alicyclic amines) is 2. The molecule has 2 atom stereocenters. The number of aryl methyl sites for hydroxylation is 1. The van der Waals surface area contributed by atoms with Gasteiger partial charge < -0.3 is 14.5 Å². The monoisotopic (exact) mass is 486 g/mol. The molecule has 0 spiro atoms. The molecule has 2 aromatic carbocycles. The predicted octanol–water partition coefficient (Wildman–Crippen LogP) is 5.11. The molecule has 2 saturated heterocycles. The minimum atomic E-state index is -0.279. The van der Waals surface area contributed by atoms with Gasteiger partial charge in [-0.15, -0.1) is 0 Å². The predicted molar refractivity (Wildman–Crippen MR) is 130 cm³/mol. The maximum Gasteiger partial charge on any atom is 0.223 e. The molecule has 4 rings (SSSR count). The zero-order chi connectivity index (χ0) is 23.9. The van der Waals surface area contributed by atoms with Crippen LogP contribution in [0.15, 0.2) is 48.5 Å². The van der Waals surface area contributed by atoms with Gasteiger partial charge in [-0.3, -0.25) is 9.59 Å². The van der Waals surface area contributed by atoms with E-state index in [1.54, 1.807) is 24.3 Å². The first-order chi connectivity index (χ1) is 16.5. The lowest BCUT2D eigenvalue weighted by molar-refractivity contribution is -0.139. The molecule has 2 aliphatic rings. The lowest BCUT2D eigenvalue weighted by Gasteiger charge is -2.39. The van der Waals surface area contributed by atoms with Crippen molar-refractivity contribution in [2.24, 2.45) is 5.92 Å². The number of amides is 2. The Bertz CT molecular complexity index is 961. The van der Waals surface area contributed by atoms with Gasteiger partial charge in [-0.25, -0.2) is 4.39 Å². The second kappa shape index (κ2) is 11.7. The fourth-order valence-corrected chi connectivity index (χ4v) is 4.96. The van der Waals surface area contributed by atoms with E-state index in [1.165, 1.54) is 18.6 Å². The molecule has 0 aliphatic carbocycles. The highest BCUT2D eigenvalue weighted by molar-refractivity contribution is 6.30. The highest BCUT2D eigenvalue weighted by Crippen LogP contribution is 2.28. The van der Waals surface area contributed by atoms with E-state index in [2.05, 4.69) is 0 Å². The first kappa shape index (κ1) is 24.5. The lowest BCUT2D eigenvalue weighted by atomic mass is 9.90. The average Bonchev–Trinajstić information content (AvgIpc) is 2.86. The quantitative estimate of drug-likeness (QED) is 0.546. The molecule has 182 valence electrons. The van der Waals surface area contributed by atoms with Crippen molar-refractivity contribution >= 4 is 23.4 Å². The number of piperidine rings is 2. The van der Waals surface area contributed by atoms with E-state index in [1.807, 2.05) is 21.9 Å². The van der Waals surface area contributed by atoms with E-state index < -0.39 is 0 Å². The minimum absolute atomic E-state index is 0.0599. The number of hydrogen-bond acceptors (Lipinski definition) is 3. The Morgan fingerprint density at radius 3 is 2.32 bits per heavy atom. The Hall–Kier alpha value is -2.60. The molecule has 2 fully saturated rings. The molecule has 34 heavy (non-hydrogen) atoms. The molecule has 0 unspecified atom stereocenters. The third-order valence-electron chi connectivity index (χ3n) is 6.80. The van der Waals surface area contributed by atoms with Gasteiger partial charge >= 0.3 is 0 Å². The number of hydrogen-bond donors (Lipinski definition) is 0. The van der Waals surface area contributed by atoms with E-state index in [0.717, 1.165) is 37.2 Å². The Kier molecular flexibility index (Phi) is 8.44. The van der Waals surface area contributed by atoms with Gasteiger partial charge in [-0.2, -0.15) is 0 Å². The van der Waals surface area contributed by atoms with Crippen molar-refractivity contribution in [3.63, 3.8) is 0 Å². The Balaban J connectivity index is 1.40. The summed E-state index contributed by atoms with van der Waals surface area (Å²) in [5, 5.41) is 0.644. The normalized spacial score (nSPS) is 20.8. The summed E-state index contributed by atoms with van der Waals surface area (Å²) in [5.74, 6) is 0.577. The van der Waals surface area contributed by atoms with Crippen LogP contribution in [0.3, 0.4) is 0 Å². The van der Waals surface area contributed by atoms with Crippen LogP contribution in [0.4, 0.5) is 4.39 Å². The standard InChI is InChI=1S/C27H32ClFN2O3/c28-22-7-11-24(12-8-22)34-25-14-17-31(26(32)13-6-20-4-9-23(29)10-5-20)19-21(25)18-27(33)30-15-2-1-3-16-30/h4-5,7-12,21,25H,1-3,6,13-19H2/t21-,25-/m0/s1. The van der Waals surface area contributed by atoms with E-state index in [9.17, 15) is 14.0 Å². The lowest BCUT2D eigenvalue weighted by Crippen LogP contribution is -2.50. The van der Waals surface area contributed by atoms with Crippen molar-refractivity contribution in [3.05, 3.63) is 64.9 Å². The maximum absolute atomic E-state index is 13.1. The van der Waals surface area contributed by atoms with E-state index in [4.69, 9.17) is 16.3 Å². The molecule has 2 amide bonds. The summed E-state index contributed by atoms with van der Waals surface area (Å²) in [6.07, 6.45) is 5.11. The van der Waals surface area contributed by atoms with E-state index in [0.29, 0.717) is 43.8 Å². The Morgan fingerprint density at radius 1 is 0.912 bits per heavy atom. The van der Waals surface area contributed by atoms with Crippen molar-refractivity contribution in [3.8, 4) is 5.75 Å². The summed E-state index contributed by atoms with van der Waals surface area (Å²) >= 11 is 6.01. The third-order valence-corrected chi connectivity index (χ3v) is 7.06. The zero-order valence-electron chi connectivity index (χ0n) is 19.4. The Labute approximate surface area is 205 Å². The summed E-state index contributed by atoms with van der Waals surface area (Å²) in [6.45, 7) is 2.72. The first-order valence-corrected chi connectivity index (χ1v) is 12.6. The van der Waals surface area contributed by atoms with Crippen molar-refractivity contribution in [1.29, 1.82) is 0 Å². The fourth-order valence-electron chi connectivity index (χ4n) is 4.83. The van der Waals surface area contributed by atoms with Gasteiger partial charge in [0.25, 0.3) is 0 Å². The number of carbonyl (C=O) groups is 2. The zero-order valence-corrected chi connectivity index (χ0v) is 20.2. The molecular weight excluding hydrogens is 455 g/mol. The van der Waals surface area contributed by atoms with Gasteiger partial charge in [0, 0.05) is 56.4 Å². The molecule has 0 saturated carbocycles. The van der Waals surface area contributed by atoms with Gasteiger partial charge in [0.05, 0.1) is 0 Å². The number of benzene rings is 2. The van der Waals surface area contributed by atoms with Crippen LogP contribution < -0.4 is 4.74 Å². The largest absolute Gasteiger partial charge is 0.490 e. The first-order valence-electron chi connectivity index (χ1n) is 12.2. The number of carbonyl (C=O) groups excluding carboxylic acids is 2. The molecule has 0 N–H and O–H groups in total. The van der Waals surface area contributed by atoms with Crippen molar-refractivity contribution in [2.45, 2.75) is 51.0 Å². The molecule has 5 nitrogen and oxygen atoms in total. The van der Waals surface area contributed by atoms with Crippen molar-refractivity contribution in [1.82, 2.24) is 9.80 Å². The minimum Gasteiger partial charge on any atom is -0.490 e. The second-order valence-corrected chi connectivity index (χ2v) is 9.71. The molecule has 2 aromatic rings. The fraction of sp³-hybridized carbons (Fsp3) is 0.481. The van der Waals surface area contributed by atoms with Crippen LogP contribution in [0.5, 0.6) is 5.75 Å². The van der Waals surface area contributed by atoms with Gasteiger partial charge in [-0.1, -0.05) is 23.7 Å². The molecule has 0 bridgehead atoms. The van der Waals surface area contributed by atoms with Crippen molar-refractivity contribution < 1.29 is 18.7 Å². The van der Waals surface area contributed by atoms with Gasteiger partial charge in [-0.05, 0) is 67.6 Å². The summed E-state index contributed by atoms with van der Waals surface area (Å²) in [7, 11) is 0. The molecule has 0 radical (unpaired) electrons. The van der Waals surface area contributed by atoms with Gasteiger partial charge in [0.15, 0.2) is 0 Å². The summed E-state index contributed by atoms with van der Waals surface area (Å²) < 4.78 is 19.4. The number of ether oxygens (including phenoxy) is 1. The number of rotatable bonds is 7. The maximum atomic E-state index is 13.1. The average molecular weight is 487 g/mol. The van der Waals surface area contributed by atoms with Crippen LogP contribution in [0.25, 0.3) is 0 Å². The molecular formula is C27H32ClFN2O3. The highest BCUT2D eigenvalue weighted by atomic mass is 35.5. The number of halogens is 2. The van der Waals surface area contributed by atoms with Crippen LogP contribution in [-0.4, -0.2) is 53.9 Å².